The van der Waals surface area contributed by atoms with Crippen molar-refractivity contribution in [1.82, 2.24) is 10.2 Å². The van der Waals surface area contributed by atoms with Gasteiger partial charge in [-0.2, -0.15) is 0 Å². The minimum Gasteiger partial charge on any atom is -0.495 e. The van der Waals surface area contributed by atoms with Crippen molar-refractivity contribution in [2.45, 2.75) is 69.5 Å². The van der Waals surface area contributed by atoms with Gasteiger partial charge in [0.05, 0.1) is 19.2 Å². The molecule has 37 heavy (non-hydrogen) atoms. The molecule has 11 heteroatoms. The molecular formula is C26H31N3O8. The largest absolute Gasteiger partial charge is 0.495 e. The Morgan fingerprint density at radius 1 is 1.19 bits per heavy atom. The number of methoxy groups -OCH3 is 1. The number of fused-ring (bicyclic) bond motifs is 1. The number of nitrogens with zero attached hydrogens (tertiary/aromatic N) is 2. The lowest BCUT2D eigenvalue weighted by molar-refractivity contribution is -0.164. The standard InChI is InChI=1S/C26H31N3O8/c1-3-36-26-17(14-23(32)37-26)27-24(33)19-13-12-16-8-4-5-10-20(25(34)28(16)19)29(22(31)15-30)18-9-6-7-11-21(18)35-2/h4-7,9,11,15-17,19-20,26H,3,8,10,12-14H2,1-2H3,(H,27,33)/b5-4-/t16-,17?,19+,20+,26?/m1/s1. The van der Waals surface area contributed by atoms with E-state index in [2.05, 4.69) is 5.32 Å². The van der Waals surface area contributed by atoms with Crippen molar-refractivity contribution in [3.8, 4) is 5.75 Å². The van der Waals surface area contributed by atoms with E-state index in [0.29, 0.717) is 31.6 Å². The maximum absolute atomic E-state index is 14.0. The van der Waals surface area contributed by atoms with Crippen LogP contribution in [-0.4, -0.2) is 79.1 Å². The predicted molar refractivity (Wildman–Crippen MR) is 130 cm³/mol. The van der Waals surface area contributed by atoms with Gasteiger partial charge >= 0.3 is 5.97 Å². The summed E-state index contributed by atoms with van der Waals surface area (Å²) in [5.41, 5.74) is 0.285. The molecule has 3 amide bonds. The van der Waals surface area contributed by atoms with Crippen LogP contribution in [0.25, 0.3) is 0 Å². The third-order valence-electron chi connectivity index (χ3n) is 6.89. The minimum absolute atomic E-state index is 0.0265. The molecule has 3 heterocycles. The molecule has 0 bridgehead atoms. The van der Waals surface area contributed by atoms with Crippen LogP contribution in [0.3, 0.4) is 0 Å². The van der Waals surface area contributed by atoms with Gasteiger partial charge in [-0.1, -0.05) is 24.3 Å². The summed E-state index contributed by atoms with van der Waals surface area (Å²) < 4.78 is 16.0. The average Bonchev–Trinajstić information content (AvgIpc) is 3.46. The molecule has 3 aliphatic heterocycles. The van der Waals surface area contributed by atoms with Gasteiger partial charge < -0.3 is 24.4 Å². The molecule has 3 aliphatic rings. The van der Waals surface area contributed by atoms with Gasteiger partial charge in [0.15, 0.2) is 0 Å². The Hall–Kier alpha value is -3.73. The van der Waals surface area contributed by atoms with E-state index in [4.69, 9.17) is 14.2 Å². The number of hydrogen-bond donors (Lipinski definition) is 1. The molecule has 0 saturated carbocycles. The van der Waals surface area contributed by atoms with Crippen LogP contribution in [0, 0.1) is 0 Å². The molecule has 2 saturated heterocycles. The maximum Gasteiger partial charge on any atom is 0.310 e. The highest BCUT2D eigenvalue weighted by molar-refractivity contribution is 6.32. The molecule has 0 radical (unpaired) electrons. The first-order valence-electron chi connectivity index (χ1n) is 12.4. The van der Waals surface area contributed by atoms with E-state index in [1.165, 1.54) is 12.0 Å². The van der Waals surface area contributed by atoms with Crippen molar-refractivity contribution in [1.29, 1.82) is 0 Å². The second kappa shape index (κ2) is 11.5. The smallest absolute Gasteiger partial charge is 0.310 e. The zero-order valence-electron chi connectivity index (χ0n) is 20.8. The summed E-state index contributed by atoms with van der Waals surface area (Å²) in [6, 6.07) is 3.85. The molecule has 2 fully saturated rings. The number of para-hydroxylation sites is 2. The van der Waals surface area contributed by atoms with Crippen LogP contribution in [0.5, 0.6) is 5.75 Å². The molecule has 198 valence electrons. The van der Waals surface area contributed by atoms with Crippen LogP contribution in [0.2, 0.25) is 0 Å². The van der Waals surface area contributed by atoms with Gasteiger partial charge in [0.1, 0.15) is 23.9 Å². The van der Waals surface area contributed by atoms with Gasteiger partial charge in [-0.15, -0.1) is 0 Å². The first kappa shape index (κ1) is 26.3. The van der Waals surface area contributed by atoms with Crippen LogP contribution in [-0.2, 0) is 33.4 Å². The van der Waals surface area contributed by atoms with Crippen LogP contribution in [0.4, 0.5) is 5.69 Å². The Balaban J connectivity index is 1.63. The van der Waals surface area contributed by atoms with E-state index in [0.717, 1.165) is 4.90 Å². The Kier molecular flexibility index (Phi) is 8.22. The molecule has 1 aromatic rings. The van der Waals surface area contributed by atoms with E-state index in [1.54, 1.807) is 31.2 Å². The van der Waals surface area contributed by atoms with E-state index in [1.807, 2.05) is 12.2 Å². The fourth-order valence-electron chi connectivity index (χ4n) is 5.25. The Morgan fingerprint density at radius 3 is 2.68 bits per heavy atom. The fraction of sp³-hybridized carbons (Fsp3) is 0.500. The molecule has 1 N–H and O–H groups in total. The van der Waals surface area contributed by atoms with Crippen molar-refractivity contribution in [2.75, 3.05) is 18.6 Å². The molecule has 5 atom stereocenters. The number of anilines is 1. The highest BCUT2D eigenvalue weighted by Crippen LogP contribution is 2.35. The van der Waals surface area contributed by atoms with Gasteiger partial charge in [0, 0.05) is 12.6 Å². The summed E-state index contributed by atoms with van der Waals surface area (Å²) in [6.07, 6.45) is 4.73. The van der Waals surface area contributed by atoms with Crippen molar-refractivity contribution in [3.05, 3.63) is 36.4 Å². The molecular weight excluding hydrogens is 482 g/mol. The Morgan fingerprint density at radius 2 is 1.95 bits per heavy atom. The third kappa shape index (κ3) is 5.36. The highest BCUT2D eigenvalue weighted by atomic mass is 16.7. The summed E-state index contributed by atoms with van der Waals surface area (Å²) in [7, 11) is 1.44. The van der Waals surface area contributed by atoms with E-state index in [-0.39, 0.29) is 30.9 Å². The number of rotatable bonds is 8. The fourth-order valence-corrected chi connectivity index (χ4v) is 5.25. The second-order valence-electron chi connectivity index (χ2n) is 9.08. The van der Waals surface area contributed by atoms with Crippen molar-refractivity contribution in [3.63, 3.8) is 0 Å². The maximum atomic E-state index is 14.0. The van der Waals surface area contributed by atoms with Crippen LogP contribution in [0.1, 0.15) is 39.0 Å². The van der Waals surface area contributed by atoms with Crippen molar-refractivity contribution >= 4 is 35.7 Å². The lowest BCUT2D eigenvalue weighted by Crippen LogP contribution is -2.58. The lowest BCUT2D eigenvalue weighted by atomic mass is 10.0. The molecule has 0 aromatic heterocycles. The predicted octanol–water partition coefficient (Wildman–Crippen LogP) is 1.10. The second-order valence-corrected chi connectivity index (χ2v) is 9.08. The van der Waals surface area contributed by atoms with Crippen LogP contribution >= 0.6 is 0 Å². The SMILES string of the molecule is CCOC1OC(=O)CC1NC(=O)[C@@H]1CC[C@H]2C/C=C\C[C@H](N(C(=O)C=O)c3ccccc3OC)C(=O)N21. The number of esters is 1. The number of ether oxygens (including phenoxy) is 3. The number of aldehydes is 1. The quantitative estimate of drug-likeness (QED) is 0.237. The summed E-state index contributed by atoms with van der Waals surface area (Å²) >= 11 is 0. The zero-order chi connectivity index (χ0) is 26.5. The summed E-state index contributed by atoms with van der Waals surface area (Å²) in [5, 5.41) is 2.83. The van der Waals surface area contributed by atoms with Gasteiger partial charge in [-0.3, -0.25) is 28.9 Å². The number of hydrogen-bond acceptors (Lipinski definition) is 8. The molecule has 0 aliphatic carbocycles. The zero-order valence-corrected chi connectivity index (χ0v) is 20.8. The van der Waals surface area contributed by atoms with Crippen molar-refractivity contribution in [2.24, 2.45) is 0 Å². The Bertz CT molecular complexity index is 1090. The lowest BCUT2D eigenvalue weighted by Gasteiger charge is -2.38. The molecule has 4 rings (SSSR count). The molecule has 2 unspecified atom stereocenters. The normalized spacial score (nSPS) is 27.9. The minimum atomic E-state index is -1.06. The van der Waals surface area contributed by atoms with E-state index >= 15 is 0 Å². The van der Waals surface area contributed by atoms with Gasteiger partial charge in [0.25, 0.3) is 5.91 Å². The first-order valence-corrected chi connectivity index (χ1v) is 12.4. The Labute approximate surface area is 214 Å². The average molecular weight is 514 g/mol. The van der Waals surface area contributed by atoms with Gasteiger partial charge in [0.2, 0.25) is 24.4 Å². The summed E-state index contributed by atoms with van der Waals surface area (Å²) in [4.78, 5) is 66.4. The highest BCUT2D eigenvalue weighted by Gasteiger charge is 2.47. The summed E-state index contributed by atoms with van der Waals surface area (Å²) in [5.74, 6) is -1.89. The topological polar surface area (TPSA) is 132 Å². The first-order chi connectivity index (χ1) is 17.9. The monoisotopic (exact) mass is 513 g/mol. The molecule has 1 aromatic carbocycles. The van der Waals surface area contributed by atoms with Gasteiger partial charge in [-0.05, 0) is 44.7 Å². The van der Waals surface area contributed by atoms with Crippen LogP contribution in [0.15, 0.2) is 36.4 Å². The number of nitrogens with one attached hydrogen (secondary N) is 1. The number of benzene rings is 1. The van der Waals surface area contributed by atoms with E-state index < -0.39 is 48.1 Å². The van der Waals surface area contributed by atoms with Crippen LogP contribution < -0.4 is 15.0 Å². The van der Waals surface area contributed by atoms with Crippen molar-refractivity contribution < 1.29 is 38.2 Å². The van der Waals surface area contributed by atoms with E-state index in [9.17, 15) is 24.0 Å². The number of carbonyl (C=O) groups is 5. The number of amides is 3. The number of carbonyl (C=O) groups excluding carboxylic acids is 5. The molecule has 0 spiro atoms. The third-order valence-corrected chi connectivity index (χ3v) is 6.89. The number of cyclic esters (lactones) is 1. The summed E-state index contributed by atoms with van der Waals surface area (Å²) in [6.45, 7) is 2.06. The molecule has 11 nitrogen and oxygen atoms in total. The van der Waals surface area contributed by atoms with Gasteiger partial charge in [-0.25, -0.2) is 0 Å².